The lowest BCUT2D eigenvalue weighted by Gasteiger charge is -2.30. The maximum atomic E-state index is 11.5. The van der Waals surface area contributed by atoms with Crippen LogP contribution in [0, 0.1) is 11.8 Å². The van der Waals surface area contributed by atoms with Crippen molar-refractivity contribution in [2.75, 3.05) is 13.2 Å². The molecule has 2 atom stereocenters. The van der Waals surface area contributed by atoms with Crippen molar-refractivity contribution in [3.63, 3.8) is 0 Å². The lowest BCUT2D eigenvalue weighted by Crippen LogP contribution is -2.33. The molecule has 0 spiro atoms. The van der Waals surface area contributed by atoms with E-state index in [-0.39, 0.29) is 25.0 Å². The highest BCUT2D eigenvalue weighted by atomic mass is 31.2. The lowest BCUT2D eigenvalue weighted by atomic mass is 9.87. The highest BCUT2D eigenvalue weighted by Gasteiger charge is 2.31. The highest BCUT2D eigenvalue weighted by molar-refractivity contribution is 7.46. The minimum atomic E-state index is -4.49. The number of phosphoric acid groups is 1. The molecular weight excluding hydrogens is 287 g/mol. The summed E-state index contributed by atoms with van der Waals surface area (Å²) in [6.07, 6.45) is 2.07. The van der Waals surface area contributed by atoms with E-state index in [0.717, 1.165) is 12.8 Å². The molecule has 0 aromatic heterocycles. The Hall–Kier alpha value is -0.620. The average Bonchev–Trinajstić information content (AvgIpc) is 2.34. The number of ether oxygens (including phenoxy) is 2. The predicted octanol–water partition coefficient (Wildman–Crippen LogP) is 2.46. The summed E-state index contributed by atoms with van der Waals surface area (Å²) >= 11 is 0. The number of rotatable bonds is 6. The van der Waals surface area contributed by atoms with Crippen molar-refractivity contribution in [3.05, 3.63) is 0 Å². The van der Waals surface area contributed by atoms with Crippen LogP contribution in [0.2, 0.25) is 0 Å². The zero-order valence-corrected chi connectivity index (χ0v) is 12.8. The highest BCUT2D eigenvalue weighted by Crippen LogP contribution is 2.38. The summed E-state index contributed by atoms with van der Waals surface area (Å²) < 4.78 is 25.4. The van der Waals surface area contributed by atoms with E-state index < -0.39 is 20.1 Å². The molecule has 8 heteroatoms. The summed E-state index contributed by atoms with van der Waals surface area (Å²) in [5, 5.41) is 0. The third-order valence-corrected chi connectivity index (χ3v) is 3.56. The molecular formula is C12H23O7P. The molecule has 0 unspecified atom stereocenters. The molecule has 0 aliphatic heterocycles. The molecule has 0 heterocycles. The second kappa shape index (κ2) is 7.98. The first kappa shape index (κ1) is 17.4. The molecule has 1 aliphatic carbocycles. The van der Waals surface area contributed by atoms with Crippen LogP contribution < -0.4 is 0 Å². The van der Waals surface area contributed by atoms with Crippen molar-refractivity contribution < 1.29 is 33.1 Å². The summed E-state index contributed by atoms with van der Waals surface area (Å²) in [4.78, 5) is 29.0. The number of carbonyl (C=O) groups excluding carboxylic acids is 1. The molecule has 1 aliphatic rings. The zero-order valence-electron chi connectivity index (χ0n) is 11.9. The molecule has 118 valence electrons. The van der Waals surface area contributed by atoms with Gasteiger partial charge in [-0.1, -0.05) is 20.3 Å². The molecule has 0 amide bonds. The van der Waals surface area contributed by atoms with E-state index in [1.807, 2.05) is 13.8 Å². The Kier molecular flexibility index (Phi) is 6.95. The SMILES string of the molecule is CC(C)COC(=O)O[C@H]1CCCC[C@H]1COP(=O)(O)O. The average molecular weight is 310 g/mol. The fourth-order valence-electron chi connectivity index (χ4n) is 2.10. The summed E-state index contributed by atoms with van der Waals surface area (Å²) in [6, 6.07) is 0. The van der Waals surface area contributed by atoms with E-state index in [0.29, 0.717) is 12.8 Å². The topological polar surface area (TPSA) is 102 Å². The molecule has 2 N–H and O–H groups in total. The van der Waals surface area contributed by atoms with Gasteiger partial charge in [-0.3, -0.25) is 4.52 Å². The Morgan fingerprint density at radius 2 is 1.95 bits per heavy atom. The Balaban J connectivity index is 2.43. The van der Waals surface area contributed by atoms with Crippen molar-refractivity contribution in [3.8, 4) is 0 Å². The maximum Gasteiger partial charge on any atom is 0.508 e. The summed E-state index contributed by atoms with van der Waals surface area (Å²) in [7, 11) is -4.49. The van der Waals surface area contributed by atoms with Crippen LogP contribution in [-0.2, 0) is 18.6 Å². The van der Waals surface area contributed by atoms with E-state index in [1.54, 1.807) is 0 Å². The molecule has 7 nitrogen and oxygen atoms in total. The van der Waals surface area contributed by atoms with Crippen LogP contribution in [0.5, 0.6) is 0 Å². The Labute approximate surface area is 118 Å². The molecule has 0 radical (unpaired) electrons. The van der Waals surface area contributed by atoms with Gasteiger partial charge in [-0.25, -0.2) is 9.36 Å². The summed E-state index contributed by atoms with van der Waals surface area (Å²) in [5.41, 5.74) is 0. The van der Waals surface area contributed by atoms with Gasteiger partial charge in [-0.15, -0.1) is 0 Å². The van der Waals surface area contributed by atoms with Gasteiger partial charge in [-0.2, -0.15) is 0 Å². The Bertz CT molecular complexity index is 352. The quantitative estimate of drug-likeness (QED) is 0.574. The molecule has 0 saturated heterocycles. The van der Waals surface area contributed by atoms with Gasteiger partial charge in [0.25, 0.3) is 0 Å². The molecule has 0 aromatic carbocycles. The zero-order chi connectivity index (χ0) is 15.2. The van der Waals surface area contributed by atoms with Crippen molar-refractivity contribution in [1.29, 1.82) is 0 Å². The van der Waals surface area contributed by atoms with E-state index in [2.05, 4.69) is 4.52 Å². The smallest absolute Gasteiger partial charge is 0.434 e. The van der Waals surface area contributed by atoms with E-state index >= 15 is 0 Å². The van der Waals surface area contributed by atoms with Crippen molar-refractivity contribution in [1.82, 2.24) is 0 Å². The number of hydrogen-bond donors (Lipinski definition) is 2. The van der Waals surface area contributed by atoms with Gasteiger partial charge in [-0.05, 0) is 25.2 Å². The van der Waals surface area contributed by atoms with Gasteiger partial charge in [0.1, 0.15) is 6.10 Å². The van der Waals surface area contributed by atoms with Crippen LogP contribution in [0.15, 0.2) is 0 Å². The Morgan fingerprint density at radius 3 is 2.55 bits per heavy atom. The van der Waals surface area contributed by atoms with Gasteiger partial charge < -0.3 is 19.3 Å². The molecule has 1 rings (SSSR count). The molecule has 0 aromatic rings. The first-order chi connectivity index (χ1) is 9.28. The van der Waals surface area contributed by atoms with Gasteiger partial charge in [0.15, 0.2) is 0 Å². The summed E-state index contributed by atoms with van der Waals surface area (Å²) in [5.74, 6) is 0.0191. The number of phosphoric ester groups is 1. The normalized spacial score (nSPS) is 23.6. The molecule has 1 fully saturated rings. The molecule has 0 bridgehead atoms. The predicted molar refractivity (Wildman–Crippen MR) is 71.0 cm³/mol. The fraction of sp³-hybridized carbons (Fsp3) is 0.917. The van der Waals surface area contributed by atoms with E-state index in [1.165, 1.54) is 0 Å². The molecule has 20 heavy (non-hydrogen) atoms. The van der Waals surface area contributed by atoms with Crippen molar-refractivity contribution >= 4 is 14.0 Å². The fourth-order valence-corrected chi connectivity index (χ4v) is 2.49. The summed E-state index contributed by atoms with van der Waals surface area (Å²) in [6.45, 7) is 4.01. The largest absolute Gasteiger partial charge is 0.508 e. The van der Waals surface area contributed by atoms with Gasteiger partial charge in [0.2, 0.25) is 0 Å². The van der Waals surface area contributed by atoms with Gasteiger partial charge in [0, 0.05) is 5.92 Å². The first-order valence-electron chi connectivity index (χ1n) is 6.81. The van der Waals surface area contributed by atoms with E-state index in [4.69, 9.17) is 19.3 Å². The lowest BCUT2D eigenvalue weighted by molar-refractivity contribution is -0.0270. The van der Waals surface area contributed by atoms with Gasteiger partial charge >= 0.3 is 14.0 Å². The maximum absolute atomic E-state index is 11.5. The second-order valence-electron chi connectivity index (χ2n) is 5.44. The van der Waals surface area contributed by atoms with Crippen molar-refractivity contribution in [2.24, 2.45) is 11.8 Å². The Morgan fingerprint density at radius 1 is 1.30 bits per heavy atom. The first-order valence-corrected chi connectivity index (χ1v) is 8.34. The van der Waals surface area contributed by atoms with Crippen LogP contribution in [0.4, 0.5) is 4.79 Å². The van der Waals surface area contributed by atoms with Crippen LogP contribution >= 0.6 is 7.82 Å². The minimum Gasteiger partial charge on any atom is -0.434 e. The number of carbonyl (C=O) groups is 1. The standard InChI is InChI=1S/C12H23O7P/c1-9(2)7-17-12(13)19-11-6-4-3-5-10(11)8-18-20(14,15)16/h9-11H,3-8H2,1-2H3,(H2,14,15,16)/t10-,11-/m0/s1. The minimum absolute atomic E-state index is 0.119. The van der Waals surface area contributed by atoms with E-state index in [9.17, 15) is 9.36 Å². The third kappa shape index (κ3) is 7.24. The third-order valence-electron chi connectivity index (χ3n) is 3.08. The number of hydrogen-bond acceptors (Lipinski definition) is 5. The second-order valence-corrected chi connectivity index (χ2v) is 6.68. The van der Waals surface area contributed by atoms with Crippen molar-refractivity contribution in [2.45, 2.75) is 45.6 Å². The van der Waals surface area contributed by atoms with Crippen LogP contribution in [-0.4, -0.2) is 35.3 Å². The monoisotopic (exact) mass is 310 g/mol. The van der Waals surface area contributed by atoms with Crippen LogP contribution in [0.1, 0.15) is 39.5 Å². The molecule has 1 saturated carbocycles. The van der Waals surface area contributed by atoms with Crippen LogP contribution in [0.25, 0.3) is 0 Å². The van der Waals surface area contributed by atoms with Gasteiger partial charge in [0.05, 0.1) is 13.2 Å². The van der Waals surface area contributed by atoms with Crippen LogP contribution in [0.3, 0.4) is 0 Å².